The third-order valence-corrected chi connectivity index (χ3v) is 0.958. The van der Waals surface area contributed by atoms with Crippen molar-refractivity contribution in [2.75, 3.05) is 6.54 Å². The second kappa shape index (κ2) is 4.43. The van der Waals surface area contributed by atoms with Gasteiger partial charge in [0.1, 0.15) is 0 Å². The number of azide groups is 1. The highest BCUT2D eigenvalue weighted by Crippen LogP contribution is 1.92. The molecule has 0 saturated carbocycles. The first-order chi connectivity index (χ1) is 3.85. The summed E-state index contributed by atoms with van der Waals surface area (Å²) in [6.07, 6.45) is 0.820. The van der Waals surface area contributed by atoms with Gasteiger partial charge >= 0.3 is 0 Å². The lowest BCUT2D eigenvalue weighted by Crippen LogP contribution is -2.15. The van der Waals surface area contributed by atoms with Crippen LogP contribution in [0, 0.1) is 0 Å². The van der Waals surface area contributed by atoms with Crippen LogP contribution in [0.25, 0.3) is 10.4 Å². The van der Waals surface area contributed by atoms with Crippen LogP contribution in [0.3, 0.4) is 0 Å². The molecule has 46 valence electrons. The maximum atomic E-state index is 7.90. The highest BCUT2D eigenvalue weighted by atomic mass is 15.1. The van der Waals surface area contributed by atoms with E-state index in [-0.39, 0.29) is 6.04 Å². The maximum Gasteiger partial charge on any atom is 0.0494 e. The Morgan fingerprint density at radius 2 is 2.50 bits per heavy atom. The molecule has 0 aromatic heterocycles. The molecule has 0 rings (SSSR count). The second-order valence-electron chi connectivity index (χ2n) is 1.50. The van der Waals surface area contributed by atoms with Crippen molar-refractivity contribution in [3.05, 3.63) is 10.4 Å². The highest BCUT2D eigenvalue weighted by molar-refractivity contribution is 4.64. The van der Waals surface area contributed by atoms with Crippen molar-refractivity contribution in [2.24, 2.45) is 10.8 Å². The second-order valence-corrected chi connectivity index (χ2v) is 1.50. The van der Waals surface area contributed by atoms with E-state index < -0.39 is 0 Å². The molecule has 0 radical (unpaired) electrons. The fraction of sp³-hybridized carbons (Fsp3) is 1.00. The molecule has 0 amide bonds. The van der Waals surface area contributed by atoms with Gasteiger partial charge in [-0.05, 0) is 12.0 Å². The van der Waals surface area contributed by atoms with Gasteiger partial charge in [0.2, 0.25) is 0 Å². The van der Waals surface area contributed by atoms with Crippen molar-refractivity contribution < 1.29 is 0 Å². The molecule has 0 aliphatic heterocycles. The van der Waals surface area contributed by atoms with Gasteiger partial charge in [-0.2, -0.15) is 0 Å². The Kier molecular flexibility index (Phi) is 4.03. The third-order valence-electron chi connectivity index (χ3n) is 0.958. The Labute approximate surface area is 48.3 Å². The quantitative estimate of drug-likeness (QED) is 0.332. The topological polar surface area (TPSA) is 74.8 Å². The van der Waals surface area contributed by atoms with E-state index in [4.69, 9.17) is 11.3 Å². The molecule has 0 bridgehead atoms. The molecule has 2 N–H and O–H groups in total. The summed E-state index contributed by atoms with van der Waals surface area (Å²) in [4.78, 5) is 2.62. The van der Waals surface area contributed by atoms with E-state index in [2.05, 4.69) is 10.0 Å². The molecule has 0 spiro atoms. The third kappa shape index (κ3) is 2.44. The number of nitrogens with zero attached hydrogens (tertiary/aromatic N) is 3. The van der Waals surface area contributed by atoms with Crippen LogP contribution < -0.4 is 5.73 Å². The van der Waals surface area contributed by atoms with Gasteiger partial charge in [-0.25, -0.2) is 0 Å². The van der Waals surface area contributed by atoms with Gasteiger partial charge < -0.3 is 5.73 Å². The van der Waals surface area contributed by atoms with Crippen molar-refractivity contribution in [3.63, 3.8) is 0 Å². The SMILES string of the molecule is CCC(CN)N=[N+]=[N-]. The lowest BCUT2D eigenvalue weighted by Gasteiger charge is -1.99. The summed E-state index contributed by atoms with van der Waals surface area (Å²) in [6, 6.07) is -0.0139. The van der Waals surface area contributed by atoms with Gasteiger partial charge in [-0.3, -0.25) is 0 Å². The summed E-state index contributed by atoms with van der Waals surface area (Å²) < 4.78 is 0. The minimum atomic E-state index is -0.0139. The Bertz CT molecular complexity index is 90.2. The summed E-state index contributed by atoms with van der Waals surface area (Å²) in [7, 11) is 0. The van der Waals surface area contributed by atoms with Gasteiger partial charge in [0.05, 0.1) is 0 Å². The van der Waals surface area contributed by atoms with Crippen molar-refractivity contribution in [2.45, 2.75) is 19.4 Å². The van der Waals surface area contributed by atoms with Gasteiger partial charge in [0.15, 0.2) is 0 Å². The average molecular weight is 114 g/mol. The van der Waals surface area contributed by atoms with E-state index in [0.717, 1.165) is 6.42 Å². The predicted octanol–water partition coefficient (Wildman–Crippen LogP) is 1.03. The summed E-state index contributed by atoms with van der Waals surface area (Å²) in [5.74, 6) is 0. The van der Waals surface area contributed by atoms with E-state index in [1.165, 1.54) is 0 Å². The lowest BCUT2D eigenvalue weighted by molar-refractivity contribution is 0.655. The fourth-order valence-corrected chi connectivity index (χ4v) is 0.368. The van der Waals surface area contributed by atoms with Crippen molar-refractivity contribution in [3.8, 4) is 0 Å². The van der Waals surface area contributed by atoms with Gasteiger partial charge in [0.25, 0.3) is 0 Å². The van der Waals surface area contributed by atoms with Crippen LogP contribution in [0.5, 0.6) is 0 Å². The monoisotopic (exact) mass is 114 g/mol. The molecule has 0 aliphatic rings. The molecule has 4 heteroatoms. The molecule has 0 aromatic rings. The Hall–Kier alpha value is -0.730. The van der Waals surface area contributed by atoms with Crippen LogP contribution in [0.1, 0.15) is 13.3 Å². The average Bonchev–Trinajstić information content (AvgIpc) is 1.83. The molecule has 1 atom stereocenters. The standard InChI is InChI=1S/C4H10N4/c1-2-4(3-5)7-8-6/h4H,2-3,5H2,1H3. The number of nitrogens with two attached hydrogens (primary N) is 1. The number of hydrogen-bond acceptors (Lipinski definition) is 2. The van der Waals surface area contributed by atoms with E-state index in [1.807, 2.05) is 6.92 Å². The molecular formula is C4H10N4. The van der Waals surface area contributed by atoms with Gasteiger partial charge in [0, 0.05) is 17.5 Å². The van der Waals surface area contributed by atoms with Crippen molar-refractivity contribution in [1.82, 2.24) is 0 Å². The molecule has 4 nitrogen and oxygen atoms in total. The van der Waals surface area contributed by atoms with Gasteiger partial charge in [-0.1, -0.05) is 12.0 Å². The number of rotatable bonds is 3. The highest BCUT2D eigenvalue weighted by Gasteiger charge is 1.95. The first-order valence-corrected chi connectivity index (χ1v) is 2.59. The molecule has 0 saturated heterocycles. The Morgan fingerprint density at radius 3 is 2.62 bits per heavy atom. The fourth-order valence-electron chi connectivity index (χ4n) is 0.368. The molecular weight excluding hydrogens is 104 g/mol. The first kappa shape index (κ1) is 7.27. The van der Waals surface area contributed by atoms with Crippen LogP contribution in [0.4, 0.5) is 0 Å². The molecule has 0 heterocycles. The van der Waals surface area contributed by atoms with E-state index in [9.17, 15) is 0 Å². The largest absolute Gasteiger partial charge is 0.330 e. The van der Waals surface area contributed by atoms with Crippen LogP contribution in [0.2, 0.25) is 0 Å². The van der Waals surface area contributed by atoms with E-state index in [1.54, 1.807) is 0 Å². The summed E-state index contributed by atoms with van der Waals surface area (Å²) in [5.41, 5.74) is 13.1. The molecule has 1 unspecified atom stereocenters. The van der Waals surface area contributed by atoms with Crippen LogP contribution in [-0.4, -0.2) is 12.6 Å². The van der Waals surface area contributed by atoms with Crippen LogP contribution >= 0.6 is 0 Å². The molecule has 0 aliphatic carbocycles. The predicted molar refractivity (Wildman–Crippen MR) is 32.3 cm³/mol. The lowest BCUT2D eigenvalue weighted by atomic mass is 10.2. The minimum Gasteiger partial charge on any atom is -0.330 e. The van der Waals surface area contributed by atoms with Crippen LogP contribution in [0.15, 0.2) is 5.11 Å². The zero-order chi connectivity index (χ0) is 6.41. The zero-order valence-corrected chi connectivity index (χ0v) is 4.91. The number of hydrogen-bond donors (Lipinski definition) is 1. The van der Waals surface area contributed by atoms with E-state index >= 15 is 0 Å². The molecule has 0 fully saturated rings. The minimum absolute atomic E-state index is 0.0139. The normalized spacial score (nSPS) is 12.2. The van der Waals surface area contributed by atoms with Crippen molar-refractivity contribution in [1.29, 1.82) is 0 Å². The smallest absolute Gasteiger partial charge is 0.0494 e. The summed E-state index contributed by atoms with van der Waals surface area (Å²) >= 11 is 0. The molecule has 0 aromatic carbocycles. The molecule has 8 heavy (non-hydrogen) atoms. The van der Waals surface area contributed by atoms with Crippen molar-refractivity contribution >= 4 is 0 Å². The zero-order valence-electron chi connectivity index (χ0n) is 4.91. The maximum absolute atomic E-state index is 7.90. The Balaban J connectivity index is 3.52. The van der Waals surface area contributed by atoms with Crippen LogP contribution in [-0.2, 0) is 0 Å². The van der Waals surface area contributed by atoms with Gasteiger partial charge in [-0.15, -0.1) is 0 Å². The summed E-state index contributed by atoms with van der Waals surface area (Å²) in [6.45, 7) is 2.38. The first-order valence-electron chi connectivity index (χ1n) is 2.59. The Morgan fingerprint density at radius 1 is 1.88 bits per heavy atom. The van der Waals surface area contributed by atoms with E-state index in [0.29, 0.717) is 6.54 Å². The summed E-state index contributed by atoms with van der Waals surface area (Å²) in [5, 5.41) is 3.42.